The summed E-state index contributed by atoms with van der Waals surface area (Å²) in [5, 5.41) is 34.6. The van der Waals surface area contributed by atoms with Crippen LogP contribution in [0.1, 0.15) is 112 Å². The summed E-state index contributed by atoms with van der Waals surface area (Å²) in [6.07, 6.45) is 20.4. The zero-order valence-electron chi connectivity index (χ0n) is 69.3. The van der Waals surface area contributed by atoms with E-state index in [1.54, 1.807) is 24.8 Å². The van der Waals surface area contributed by atoms with Crippen molar-refractivity contribution in [2.75, 3.05) is 22.9 Å². The molecule has 0 spiro atoms. The van der Waals surface area contributed by atoms with Gasteiger partial charge in [0.1, 0.15) is 91.4 Å². The van der Waals surface area contributed by atoms with Crippen LogP contribution < -0.4 is 22.9 Å². The highest BCUT2D eigenvalue weighted by atomic mass is 16.3. The molecule has 4 saturated carbocycles. The molecule has 618 valence electrons. The molecule has 0 aliphatic heterocycles. The fourth-order valence-corrected chi connectivity index (χ4v) is 18.4. The SMILES string of the molecule is C=C1CC(c2nc(-c3ccc4ccc(-c5ccccc5)nc4c3)c3c(N)nccn23)C1.CC1(O)CC(c2nc(-c3ccc4ccc(-c5ccccc5)nc4c3)c3c(N)nccn23)C1.CC1(O)CC(c2nc(-c3ccc4ccc(-c5ccccc5)nc4c3)c3c(N)nccn23)C1.Nc1nccn2c(C3CC(O)C3)nc(-c3ccc4ccc(-c5ccccc5)nc4c3)c12. The highest BCUT2D eigenvalue weighted by Gasteiger charge is 2.44. The van der Waals surface area contributed by atoms with Crippen LogP contribution in [0.5, 0.6) is 0 Å². The Morgan fingerprint density at radius 2 is 0.556 bits per heavy atom. The largest absolute Gasteiger partial charge is 0.393 e. The van der Waals surface area contributed by atoms with Gasteiger partial charge in [0, 0.05) is 139 Å². The van der Waals surface area contributed by atoms with Crippen molar-refractivity contribution in [3.63, 3.8) is 0 Å². The number of aliphatic hydroxyl groups is 3. The van der Waals surface area contributed by atoms with E-state index >= 15 is 0 Å². The lowest BCUT2D eigenvalue weighted by Crippen LogP contribution is -2.40. The molecule has 24 rings (SSSR count). The topological polar surface area (TPSA) is 337 Å². The van der Waals surface area contributed by atoms with Gasteiger partial charge in [-0.1, -0.05) is 206 Å². The summed E-state index contributed by atoms with van der Waals surface area (Å²) in [4.78, 5) is 56.9. The number of imidazole rings is 4. The van der Waals surface area contributed by atoms with Gasteiger partial charge >= 0.3 is 0 Å². The predicted octanol–water partition coefficient (Wildman–Crippen LogP) is 19.7. The van der Waals surface area contributed by atoms with E-state index in [0.29, 0.717) is 54.9 Å². The summed E-state index contributed by atoms with van der Waals surface area (Å²) in [7, 11) is 0. The minimum Gasteiger partial charge on any atom is -0.393 e. The second-order valence-electron chi connectivity index (χ2n) is 34.2. The number of nitrogen functional groups attached to an aromatic ring is 4. The van der Waals surface area contributed by atoms with Crippen LogP contribution in [0.25, 0.3) is 156 Å². The van der Waals surface area contributed by atoms with Crippen LogP contribution in [0.4, 0.5) is 23.3 Å². The lowest BCUT2D eigenvalue weighted by molar-refractivity contribution is -0.0340. The van der Waals surface area contributed by atoms with E-state index in [4.69, 9.17) is 62.8 Å². The van der Waals surface area contributed by atoms with Crippen LogP contribution in [0.2, 0.25) is 0 Å². The summed E-state index contributed by atoms with van der Waals surface area (Å²) >= 11 is 0. The molecule has 4 aliphatic carbocycles. The van der Waals surface area contributed by atoms with Crippen LogP contribution in [-0.4, -0.2) is 110 Å². The van der Waals surface area contributed by atoms with Crippen LogP contribution in [0.3, 0.4) is 0 Å². The zero-order chi connectivity index (χ0) is 85.6. The number of fused-ring (bicyclic) bond motifs is 8. The van der Waals surface area contributed by atoms with Crippen molar-refractivity contribution < 1.29 is 15.3 Å². The lowest BCUT2D eigenvalue weighted by atomic mass is 9.72. The number of hydrogen-bond acceptors (Lipinski definition) is 19. The molecule has 11 N–H and O–H groups in total. The predicted molar refractivity (Wildman–Crippen MR) is 499 cm³/mol. The van der Waals surface area contributed by atoms with Crippen LogP contribution in [0.15, 0.2) is 304 Å². The maximum absolute atomic E-state index is 10.3. The number of nitrogens with zero attached hydrogens (tertiary/aromatic N) is 16. The van der Waals surface area contributed by atoms with Gasteiger partial charge in [0.15, 0.2) is 0 Å². The van der Waals surface area contributed by atoms with E-state index in [0.717, 1.165) is 205 Å². The minimum absolute atomic E-state index is 0.191. The first kappa shape index (κ1) is 78.0. The number of anilines is 4. The Kier molecular flexibility index (Phi) is 19.5. The lowest BCUT2D eigenvalue weighted by Gasteiger charge is -2.40. The summed E-state index contributed by atoms with van der Waals surface area (Å²) < 4.78 is 8.16. The third-order valence-corrected chi connectivity index (χ3v) is 25.0. The number of aromatic nitrogens is 16. The molecule has 0 amide bonds. The summed E-state index contributed by atoms with van der Waals surface area (Å²) in [6.45, 7) is 7.82. The minimum atomic E-state index is -0.629. The first-order chi connectivity index (χ1) is 61.3. The van der Waals surface area contributed by atoms with Gasteiger partial charge in [-0.25, -0.2) is 59.8 Å². The third-order valence-electron chi connectivity index (χ3n) is 25.0. The molecule has 0 atom stereocenters. The Labute approximate surface area is 724 Å². The fraction of sp³-hybridized carbons (Fsp3) is 0.165. The van der Waals surface area contributed by atoms with Crippen molar-refractivity contribution in [2.24, 2.45) is 0 Å². The molecular weight excluding hydrogens is 1570 g/mol. The average Bonchev–Trinajstić information content (AvgIpc) is 1.63. The van der Waals surface area contributed by atoms with Crippen molar-refractivity contribution in [3.8, 4) is 90.1 Å². The summed E-state index contributed by atoms with van der Waals surface area (Å²) in [5.74, 6) is 6.59. The molecule has 23 nitrogen and oxygen atoms in total. The summed E-state index contributed by atoms with van der Waals surface area (Å²) in [6, 6.07) is 82.2. The molecule has 0 bridgehead atoms. The molecule has 126 heavy (non-hydrogen) atoms. The van der Waals surface area contributed by atoms with Crippen LogP contribution in [-0.2, 0) is 0 Å². The number of aliphatic hydroxyl groups excluding tert-OH is 1. The maximum Gasteiger partial charge on any atom is 0.150 e. The average molecular weight is 1650 g/mol. The molecule has 4 fully saturated rings. The maximum atomic E-state index is 10.3. The van der Waals surface area contributed by atoms with Crippen molar-refractivity contribution in [1.82, 2.24) is 77.4 Å². The van der Waals surface area contributed by atoms with Crippen molar-refractivity contribution in [3.05, 3.63) is 328 Å². The Bertz CT molecular complexity index is 7380. The molecule has 20 aromatic rings. The Morgan fingerprint density at radius 3 is 0.802 bits per heavy atom. The number of nitrogens with two attached hydrogens (primary N) is 4. The number of benzene rings is 8. The van der Waals surface area contributed by atoms with E-state index in [9.17, 15) is 15.3 Å². The molecular formula is C103H88N20O3. The first-order valence-electron chi connectivity index (χ1n) is 42.5. The van der Waals surface area contributed by atoms with Crippen molar-refractivity contribution in [2.45, 2.75) is 106 Å². The number of hydrogen-bond donors (Lipinski definition) is 7. The quantitative estimate of drug-likeness (QED) is 0.0559. The second kappa shape index (κ2) is 31.5. The van der Waals surface area contributed by atoms with Crippen LogP contribution >= 0.6 is 0 Å². The number of rotatable bonds is 12. The van der Waals surface area contributed by atoms with E-state index in [-0.39, 0.29) is 23.9 Å². The van der Waals surface area contributed by atoms with E-state index in [2.05, 4.69) is 183 Å². The first-order valence-corrected chi connectivity index (χ1v) is 42.5. The van der Waals surface area contributed by atoms with Gasteiger partial charge in [-0.2, -0.15) is 0 Å². The monoisotopic (exact) mass is 1650 g/mol. The van der Waals surface area contributed by atoms with Crippen LogP contribution in [0, 0.1) is 0 Å². The van der Waals surface area contributed by atoms with E-state index in [1.165, 1.54) is 5.57 Å². The highest BCUT2D eigenvalue weighted by molar-refractivity contribution is 5.96. The van der Waals surface area contributed by atoms with E-state index in [1.807, 2.05) is 143 Å². The molecule has 12 aromatic heterocycles. The highest BCUT2D eigenvalue weighted by Crippen LogP contribution is 2.49. The second-order valence-corrected chi connectivity index (χ2v) is 34.2. The van der Waals surface area contributed by atoms with E-state index < -0.39 is 11.2 Å². The molecule has 23 heteroatoms. The van der Waals surface area contributed by atoms with Crippen molar-refractivity contribution >= 4 is 88.9 Å². The Morgan fingerprint density at radius 1 is 0.310 bits per heavy atom. The molecule has 4 aliphatic rings. The molecule has 8 aromatic carbocycles. The fourth-order valence-electron chi connectivity index (χ4n) is 18.4. The van der Waals surface area contributed by atoms with Gasteiger partial charge in [-0.05, 0) is 114 Å². The Balaban J connectivity index is 0.000000103. The number of allylic oxidation sites excluding steroid dienone is 1. The standard InChI is InChI=1S/2C26H23N5O.C26H21N5.C25H21N5O/c2*1-26(32)14-19(15-26)25-30-22(23-24(27)28-11-12-31(23)25)18-8-7-17-9-10-20(29-21(17)13-18)16-5-3-2-4-6-16;1-16-13-20(14-16)26-30-23(24-25(27)28-11-12-31(24)26)19-8-7-18-9-10-21(29-22(18)15-19)17-5-3-2-4-6-17;26-24-23-22(29-25(18-12-19(31)13-18)30(23)11-10-27-24)17-7-6-16-8-9-20(28-21(16)14-17)15-4-2-1-3-5-15/h2*2-13,19,32H,14-15H2,1H3,(H2,27,28);2-12,15,20H,1,13-14H2,(H2,27,28);1-11,14,18-19,31H,12-13H2,(H2,26,27). The molecule has 0 unspecified atom stereocenters. The smallest absolute Gasteiger partial charge is 0.150 e. The van der Waals surface area contributed by atoms with Gasteiger partial charge < -0.3 is 38.3 Å². The normalized spacial score (nSPS) is 18.4. The molecule has 0 saturated heterocycles. The molecule has 12 heterocycles. The number of pyridine rings is 4. The van der Waals surface area contributed by atoms with Crippen molar-refractivity contribution in [1.29, 1.82) is 0 Å². The van der Waals surface area contributed by atoms with Gasteiger partial charge in [-0.15, -0.1) is 0 Å². The molecule has 0 radical (unpaired) electrons. The third kappa shape index (κ3) is 14.7. The van der Waals surface area contributed by atoms with Gasteiger partial charge in [-0.3, -0.25) is 17.6 Å². The van der Waals surface area contributed by atoms with Gasteiger partial charge in [0.05, 0.1) is 62.1 Å². The van der Waals surface area contributed by atoms with Gasteiger partial charge in [0.25, 0.3) is 0 Å². The van der Waals surface area contributed by atoms with Gasteiger partial charge in [0.2, 0.25) is 0 Å². The Hall–Kier alpha value is -15.3. The summed E-state index contributed by atoms with van der Waals surface area (Å²) in [5.41, 5.74) is 47.3. The zero-order valence-corrected chi connectivity index (χ0v) is 69.3.